The molecule has 0 bridgehead atoms. The minimum atomic E-state index is -4.38. The van der Waals surface area contributed by atoms with E-state index in [0.717, 1.165) is 35.6 Å². The Kier molecular flexibility index (Phi) is 6.31. The zero-order valence-electron chi connectivity index (χ0n) is 18.4. The molecule has 0 unspecified atom stereocenters. The number of thiazole rings is 1. The molecule has 6 nitrogen and oxygen atoms in total. The second kappa shape index (κ2) is 9.55. The van der Waals surface area contributed by atoms with Crippen LogP contribution in [-0.4, -0.2) is 37.2 Å². The number of nitrogens with one attached hydrogen (secondary N) is 2. The number of rotatable bonds is 5. The van der Waals surface area contributed by atoms with Gasteiger partial charge in [0.25, 0.3) is 5.91 Å². The van der Waals surface area contributed by atoms with Crippen molar-refractivity contribution in [3.05, 3.63) is 77.9 Å². The summed E-state index contributed by atoms with van der Waals surface area (Å²) in [6.07, 6.45) is -4.38. The lowest BCUT2D eigenvalue weighted by molar-refractivity contribution is -0.137. The second-order valence-electron chi connectivity index (χ2n) is 8.00. The first-order valence-electron chi connectivity index (χ1n) is 10.9. The number of morpholine rings is 1. The molecule has 0 atom stereocenters. The highest BCUT2D eigenvalue weighted by Gasteiger charge is 2.30. The van der Waals surface area contributed by atoms with E-state index in [2.05, 4.69) is 20.5 Å². The van der Waals surface area contributed by atoms with E-state index in [4.69, 9.17) is 4.74 Å². The third kappa shape index (κ3) is 5.39. The Balaban J connectivity index is 1.26. The van der Waals surface area contributed by atoms with Gasteiger partial charge in [-0.25, -0.2) is 4.98 Å². The topological polar surface area (TPSA) is 66.5 Å². The first-order valence-corrected chi connectivity index (χ1v) is 11.8. The van der Waals surface area contributed by atoms with Crippen LogP contribution in [0.5, 0.6) is 0 Å². The monoisotopic (exact) mass is 498 g/mol. The number of fused-ring (bicyclic) bond motifs is 1. The molecule has 1 aromatic heterocycles. The van der Waals surface area contributed by atoms with Crippen molar-refractivity contribution in [1.82, 2.24) is 4.98 Å². The van der Waals surface area contributed by atoms with E-state index < -0.39 is 11.7 Å². The molecule has 1 amide bonds. The van der Waals surface area contributed by atoms with Gasteiger partial charge in [-0.15, -0.1) is 0 Å². The SMILES string of the molecule is O=C(Nc1ccc(N2CCOCC2)cc1)c1ccc2nc(Nc3ccc(C(F)(F)F)cc3)sc2c1. The predicted molar refractivity (Wildman–Crippen MR) is 132 cm³/mol. The normalized spacial score (nSPS) is 14.2. The summed E-state index contributed by atoms with van der Waals surface area (Å²) in [5.41, 5.74) is 2.75. The smallest absolute Gasteiger partial charge is 0.378 e. The molecule has 35 heavy (non-hydrogen) atoms. The number of aromatic nitrogens is 1. The number of alkyl halides is 3. The number of carbonyl (C=O) groups excluding carboxylic acids is 1. The summed E-state index contributed by atoms with van der Waals surface area (Å²) in [5, 5.41) is 6.46. The van der Waals surface area contributed by atoms with Gasteiger partial charge in [0.05, 0.1) is 29.0 Å². The molecule has 4 aromatic rings. The van der Waals surface area contributed by atoms with Crippen molar-refractivity contribution in [3.63, 3.8) is 0 Å². The number of anilines is 4. The summed E-state index contributed by atoms with van der Waals surface area (Å²) >= 11 is 1.32. The lowest BCUT2D eigenvalue weighted by Crippen LogP contribution is -2.36. The van der Waals surface area contributed by atoms with Crippen molar-refractivity contribution >= 4 is 49.7 Å². The van der Waals surface area contributed by atoms with Gasteiger partial charge in [-0.2, -0.15) is 13.2 Å². The van der Waals surface area contributed by atoms with Gasteiger partial charge >= 0.3 is 6.18 Å². The molecule has 0 aliphatic carbocycles. The first-order chi connectivity index (χ1) is 16.8. The maximum Gasteiger partial charge on any atom is 0.416 e. The van der Waals surface area contributed by atoms with Crippen LogP contribution in [0.25, 0.3) is 10.2 Å². The van der Waals surface area contributed by atoms with Gasteiger partial charge < -0.3 is 20.3 Å². The van der Waals surface area contributed by atoms with Crippen LogP contribution in [0.2, 0.25) is 0 Å². The standard InChI is InChI=1S/C25H21F3N4O2S/c26-25(27,28)17-2-4-19(5-3-17)30-24-31-21-10-1-16(15-22(21)35-24)23(33)29-18-6-8-20(9-7-18)32-11-13-34-14-12-32/h1-10,15H,11-14H2,(H,29,33)(H,30,31). The minimum Gasteiger partial charge on any atom is -0.378 e. The molecular weight excluding hydrogens is 477 g/mol. The first kappa shape index (κ1) is 23.1. The maximum absolute atomic E-state index is 12.8. The molecule has 0 spiro atoms. The van der Waals surface area contributed by atoms with Gasteiger partial charge in [-0.05, 0) is 66.7 Å². The van der Waals surface area contributed by atoms with Gasteiger partial charge in [0.15, 0.2) is 5.13 Å². The van der Waals surface area contributed by atoms with E-state index in [1.165, 1.54) is 23.5 Å². The number of hydrogen-bond acceptors (Lipinski definition) is 6. The molecule has 3 aromatic carbocycles. The van der Waals surface area contributed by atoms with Crippen LogP contribution in [0.4, 0.5) is 35.4 Å². The third-order valence-corrected chi connectivity index (χ3v) is 6.55. The summed E-state index contributed by atoms with van der Waals surface area (Å²) in [6, 6.07) is 17.7. The van der Waals surface area contributed by atoms with Crippen LogP contribution in [0.3, 0.4) is 0 Å². The van der Waals surface area contributed by atoms with Gasteiger partial charge in [-0.1, -0.05) is 11.3 Å². The molecule has 1 saturated heterocycles. The Morgan fingerprint density at radius 2 is 1.63 bits per heavy atom. The van der Waals surface area contributed by atoms with Crippen molar-refractivity contribution < 1.29 is 22.7 Å². The van der Waals surface area contributed by atoms with E-state index in [0.29, 0.717) is 40.8 Å². The van der Waals surface area contributed by atoms with Gasteiger partial charge in [0.2, 0.25) is 0 Å². The fourth-order valence-corrected chi connectivity index (χ4v) is 4.69. The minimum absolute atomic E-state index is 0.239. The van der Waals surface area contributed by atoms with Crippen molar-refractivity contribution in [2.75, 3.05) is 41.8 Å². The molecular formula is C25H21F3N4O2S. The Morgan fingerprint density at radius 3 is 2.31 bits per heavy atom. The number of amides is 1. The number of carbonyl (C=O) groups is 1. The molecule has 5 rings (SSSR count). The fourth-order valence-electron chi connectivity index (χ4n) is 3.77. The van der Waals surface area contributed by atoms with Gasteiger partial charge in [-0.3, -0.25) is 4.79 Å². The summed E-state index contributed by atoms with van der Waals surface area (Å²) in [6.45, 7) is 3.10. The number of halogens is 3. The summed E-state index contributed by atoms with van der Waals surface area (Å²) in [4.78, 5) is 19.5. The molecule has 0 saturated carbocycles. The highest BCUT2D eigenvalue weighted by Crippen LogP contribution is 2.32. The van der Waals surface area contributed by atoms with Crippen molar-refractivity contribution in [1.29, 1.82) is 0 Å². The van der Waals surface area contributed by atoms with Crippen LogP contribution in [0.1, 0.15) is 15.9 Å². The number of nitrogens with zero attached hydrogens (tertiary/aromatic N) is 2. The van der Waals surface area contributed by atoms with Crippen molar-refractivity contribution in [2.45, 2.75) is 6.18 Å². The predicted octanol–water partition coefficient (Wildman–Crippen LogP) is 6.15. The zero-order chi connectivity index (χ0) is 24.4. The van der Waals surface area contributed by atoms with Crippen LogP contribution < -0.4 is 15.5 Å². The Hall–Kier alpha value is -3.63. The third-order valence-electron chi connectivity index (χ3n) is 5.62. The van der Waals surface area contributed by atoms with Crippen LogP contribution >= 0.6 is 11.3 Å². The highest BCUT2D eigenvalue weighted by atomic mass is 32.1. The molecule has 10 heteroatoms. The maximum atomic E-state index is 12.8. The Morgan fingerprint density at radius 1 is 0.943 bits per heavy atom. The molecule has 1 aliphatic rings. The lowest BCUT2D eigenvalue weighted by atomic mass is 10.2. The average Bonchev–Trinajstić information content (AvgIpc) is 3.26. The van der Waals surface area contributed by atoms with E-state index in [9.17, 15) is 18.0 Å². The fraction of sp³-hybridized carbons (Fsp3) is 0.200. The molecule has 0 radical (unpaired) electrons. The lowest BCUT2D eigenvalue weighted by Gasteiger charge is -2.28. The van der Waals surface area contributed by atoms with Crippen molar-refractivity contribution in [3.8, 4) is 0 Å². The van der Waals surface area contributed by atoms with E-state index >= 15 is 0 Å². The summed E-state index contributed by atoms with van der Waals surface area (Å²) in [7, 11) is 0. The zero-order valence-corrected chi connectivity index (χ0v) is 19.2. The molecule has 2 heterocycles. The van der Waals surface area contributed by atoms with E-state index in [1.807, 2.05) is 24.3 Å². The van der Waals surface area contributed by atoms with Crippen LogP contribution in [0.15, 0.2) is 66.7 Å². The number of ether oxygens (including phenoxy) is 1. The molecule has 180 valence electrons. The van der Waals surface area contributed by atoms with Crippen LogP contribution in [0, 0.1) is 0 Å². The highest BCUT2D eigenvalue weighted by molar-refractivity contribution is 7.22. The largest absolute Gasteiger partial charge is 0.416 e. The molecule has 2 N–H and O–H groups in total. The number of benzene rings is 3. The summed E-state index contributed by atoms with van der Waals surface area (Å²) in [5.74, 6) is -0.239. The van der Waals surface area contributed by atoms with E-state index in [1.54, 1.807) is 18.2 Å². The molecule has 1 fully saturated rings. The van der Waals surface area contributed by atoms with Gasteiger partial charge in [0.1, 0.15) is 0 Å². The Bertz CT molecular complexity index is 1330. The van der Waals surface area contributed by atoms with Crippen molar-refractivity contribution in [2.24, 2.45) is 0 Å². The van der Waals surface area contributed by atoms with Crippen LogP contribution in [-0.2, 0) is 10.9 Å². The average molecular weight is 499 g/mol. The Labute approximate surface area is 203 Å². The number of hydrogen-bond donors (Lipinski definition) is 2. The summed E-state index contributed by atoms with van der Waals surface area (Å²) < 4.78 is 44.4. The van der Waals surface area contributed by atoms with Gasteiger partial charge in [0, 0.05) is 35.7 Å². The molecule has 1 aliphatic heterocycles. The quantitative estimate of drug-likeness (QED) is 0.346. The van der Waals surface area contributed by atoms with E-state index in [-0.39, 0.29) is 5.91 Å². The second-order valence-corrected chi connectivity index (χ2v) is 9.03.